The maximum Gasteiger partial charge on any atom is 0.257 e. The molecule has 0 bridgehead atoms. The van der Waals surface area contributed by atoms with E-state index in [1.54, 1.807) is 18.1 Å². The van der Waals surface area contributed by atoms with E-state index in [1.165, 1.54) is 0 Å². The summed E-state index contributed by atoms with van der Waals surface area (Å²) < 4.78 is 5.15. The summed E-state index contributed by atoms with van der Waals surface area (Å²) in [7, 11) is 0. The molecular weight excluding hydrogens is 182 g/mol. The molecule has 1 aromatic heterocycles. The van der Waals surface area contributed by atoms with Crippen molar-refractivity contribution >= 4 is 5.91 Å². The zero-order valence-electron chi connectivity index (χ0n) is 8.28. The first-order chi connectivity index (χ1) is 6.59. The molecule has 76 valence electrons. The van der Waals surface area contributed by atoms with E-state index in [0.29, 0.717) is 24.4 Å². The zero-order chi connectivity index (χ0) is 10.3. The van der Waals surface area contributed by atoms with Crippen LogP contribution in [0, 0.1) is 13.8 Å². The molecule has 1 aromatic rings. The van der Waals surface area contributed by atoms with Gasteiger partial charge >= 0.3 is 0 Å². The summed E-state index contributed by atoms with van der Waals surface area (Å²) in [5.41, 5.74) is 1.49. The Hall–Kier alpha value is -1.29. The van der Waals surface area contributed by atoms with E-state index in [9.17, 15) is 4.79 Å². The molecule has 0 spiro atoms. The number of furan rings is 1. The number of carbonyl (C=O) groups is 1. The lowest BCUT2D eigenvalue weighted by Gasteiger charge is -2.35. The van der Waals surface area contributed by atoms with Crippen LogP contribution in [-0.2, 0) is 0 Å². The first kappa shape index (κ1) is 9.27. The van der Waals surface area contributed by atoms with Crippen molar-refractivity contribution in [2.45, 2.75) is 20.0 Å². The maximum absolute atomic E-state index is 11.8. The molecule has 1 N–H and O–H groups in total. The van der Waals surface area contributed by atoms with Crippen LogP contribution in [0.4, 0.5) is 0 Å². The van der Waals surface area contributed by atoms with Gasteiger partial charge in [-0.05, 0) is 13.8 Å². The molecule has 0 unspecified atom stereocenters. The predicted octanol–water partition coefficient (Wildman–Crippen LogP) is 0.713. The molecule has 0 saturated carbocycles. The lowest BCUT2D eigenvalue weighted by molar-refractivity contribution is 0.00573. The van der Waals surface area contributed by atoms with Crippen LogP contribution in [-0.4, -0.2) is 35.1 Å². The lowest BCUT2D eigenvalue weighted by Crippen LogP contribution is -2.53. The van der Waals surface area contributed by atoms with E-state index >= 15 is 0 Å². The van der Waals surface area contributed by atoms with Crippen molar-refractivity contribution in [3.05, 3.63) is 23.2 Å². The fourth-order valence-electron chi connectivity index (χ4n) is 1.67. The molecule has 0 aromatic carbocycles. The number of aryl methyl sites for hydroxylation is 2. The van der Waals surface area contributed by atoms with Gasteiger partial charge in [0.15, 0.2) is 0 Å². The summed E-state index contributed by atoms with van der Waals surface area (Å²) in [6.45, 7) is 4.49. The molecule has 2 heterocycles. The van der Waals surface area contributed by atoms with Crippen molar-refractivity contribution in [2.75, 3.05) is 13.1 Å². The predicted molar refractivity (Wildman–Crippen MR) is 50.1 cm³/mol. The lowest BCUT2D eigenvalue weighted by atomic mass is 10.1. The summed E-state index contributed by atoms with van der Waals surface area (Å²) in [5, 5.41) is 9.09. The third-order valence-corrected chi connectivity index (χ3v) is 2.52. The molecule has 1 amide bonds. The van der Waals surface area contributed by atoms with Gasteiger partial charge in [0, 0.05) is 18.7 Å². The zero-order valence-corrected chi connectivity index (χ0v) is 8.28. The van der Waals surface area contributed by atoms with Gasteiger partial charge in [0.2, 0.25) is 0 Å². The third kappa shape index (κ3) is 1.32. The van der Waals surface area contributed by atoms with Crippen molar-refractivity contribution in [2.24, 2.45) is 0 Å². The Morgan fingerprint density at radius 1 is 1.57 bits per heavy atom. The fourth-order valence-corrected chi connectivity index (χ4v) is 1.67. The SMILES string of the molecule is Cc1coc(C)c1C(=O)N1CC(O)C1. The van der Waals surface area contributed by atoms with Gasteiger partial charge in [0.1, 0.15) is 5.76 Å². The molecule has 4 nitrogen and oxygen atoms in total. The molecule has 0 atom stereocenters. The largest absolute Gasteiger partial charge is 0.469 e. The number of aliphatic hydroxyl groups excluding tert-OH is 1. The normalized spacial score (nSPS) is 16.9. The number of carbonyl (C=O) groups excluding carboxylic acids is 1. The second-order valence-corrected chi connectivity index (χ2v) is 3.71. The van der Waals surface area contributed by atoms with E-state index in [0.717, 1.165) is 5.56 Å². The highest BCUT2D eigenvalue weighted by Gasteiger charge is 2.31. The number of aliphatic hydroxyl groups is 1. The number of hydrogen-bond acceptors (Lipinski definition) is 3. The second-order valence-electron chi connectivity index (χ2n) is 3.71. The molecule has 0 aliphatic carbocycles. The van der Waals surface area contributed by atoms with Crippen molar-refractivity contribution in [1.29, 1.82) is 0 Å². The Kier molecular flexibility index (Phi) is 2.07. The molecule has 1 fully saturated rings. The van der Waals surface area contributed by atoms with Gasteiger partial charge in [0.25, 0.3) is 5.91 Å². The van der Waals surface area contributed by atoms with E-state index < -0.39 is 0 Å². The van der Waals surface area contributed by atoms with Gasteiger partial charge in [-0.1, -0.05) is 0 Å². The van der Waals surface area contributed by atoms with Crippen LogP contribution in [0.2, 0.25) is 0 Å². The van der Waals surface area contributed by atoms with Crippen LogP contribution < -0.4 is 0 Å². The summed E-state index contributed by atoms with van der Waals surface area (Å²) in [6.07, 6.45) is 1.23. The molecular formula is C10H13NO3. The number of rotatable bonds is 1. The van der Waals surface area contributed by atoms with Crippen LogP contribution in [0.3, 0.4) is 0 Å². The molecule has 4 heteroatoms. The number of nitrogens with zero attached hydrogens (tertiary/aromatic N) is 1. The van der Waals surface area contributed by atoms with Gasteiger partial charge in [-0.25, -0.2) is 0 Å². The Bertz CT molecular complexity index is 344. The minimum Gasteiger partial charge on any atom is -0.469 e. The highest BCUT2D eigenvalue weighted by Crippen LogP contribution is 2.20. The topological polar surface area (TPSA) is 53.7 Å². The standard InChI is InChI=1S/C10H13NO3/c1-6-5-14-7(2)9(6)10(13)11-3-8(12)4-11/h5,8,12H,3-4H2,1-2H3. The average Bonchev–Trinajstić information content (AvgIpc) is 2.40. The Morgan fingerprint density at radius 2 is 2.21 bits per heavy atom. The maximum atomic E-state index is 11.8. The average molecular weight is 195 g/mol. The van der Waals surface area contributed by atoms with Gasteiger partial charge in [0.05, 0.1) is 17.9 Å². The number of β-amino-alcohol motifs (C(OH)–C–C–N with tert-alkyl or cyclic N) is 1. The summed E-state index contributed by atoms with van der Waals surface area (Å²) in [4.78, 5) is 13.5. The first-order valence-electron chi connectivity index (χ1n) is 4.61. The summed E-state index contributed by atoms with van der Waals surface area (Å²) in [6, 6.07) is 0. The number of amides is 1. The fraction of sp³-hybridized carbons (Fsp3) is 0.500. The second kappa shape index (κ2) is 3.13. The Morgan fingerprint density at radius 3 is 2.64 bits per heavy atom. The van der Waals surface area contributed by atoms with Crippen LogP contribution in [0.5, 0.6) is 0 Å². The van der Waals surface area contributed by atoms with Crippen molar-refractivity contribution in [3.63, 3.8) is 0 Å². The summed E-state index contributed by atoms with van der Waals surface area (Å²) in [5.74, 6) is 0.605. The molecule has 1 aliphatic heterocycles. The molecule has 1 saturated heterocycles. The van der Waals surface area contributed by atoms with E-state index in [1.807, 2.05) is 6.92 Å². The van der Waals surface area contributed by atoms with Gasteiger partial charge < -0.3 is 14.4 Å². The van der Waals surface area contributed by atoms with Crippen molar-refractivity contribution < 1.29 is 14.3 Å². The van der Waals surface area contributed by atoms with Gasteiger partial charge in [-0.15, -0.1) is 0 Å². The number of hydrogen-bond donors (Lipinski definition) is 1. The Balaban J connectivity index is 2.19. The molecule has 2 rings (SSSR count). The van der Waals surface area contributed by atoms with Crippen molar-refractivity contribution in [3.8, 4) is 0 Å². The minimum absolute atomic E-state index is 0.0425. The van der Waals surface area contributed by atoms with Crippen LogP contribution >= 0.6 is 0 Å². The summed E-state index contributed by atoms with van der Waals surface area (Å²) >= 11 is 0. The van der Waals surface area contributed by atoms with Crippen molar-refractivity contribution in [1.82, 2.24) is 4.90 Å². The van der Waals surface area contributed by atoms with E-state index in [4.69, 9.17) is 9.52 Å². The smallest absolute Gasteiger partial charge is 0.257 e. The van der Waals surface area contributed by atoms with E-state index in [2.05, 4.69) is 0 Å². The monoisotopic (exact) mass is 195 g/mol. The van der Waals surface area contributed by atoms with Crippen LogP contribution in [0.1, 0.15) is 21.7 Å². The Labute approximate surface area is 82.1 Å². The molecule has 0 radical (unpaired) electrons. The van der Waals surface area contributed by atoms with E-state index in [-0.39, 0.29) is 12.0 Å². The number of likely N-dealkylation sites (tertiary alicyclic amines) is 1. The molecule has 14 heavy (non-hydrogen) atoms. The van der Waals surface area contributed by atoms with Crippen LogP contribution in [0.15, 0.2) is 10.7 Å². The van der Waals surface area contributed by atoms with Crippen LogP contribution in [0.25, 0.3) is 0 Å². The first-order valence-corrected chi connectivity index (χ1v) is 4.61. The van der Waals surface area contributed by atoms with Gasteiger partial charge in [-0.3, -0.25) is 4.79 Å². The van der Waals surface area contributed by atoms with Gasteiger partial charge in [-0.2, -0.15) is 0 Å². The molecule has 1 aliphatic rings. The third-order valence-electron chi connectivity index (χ3n) is 2.52. The minimum atomic E-state index is -0.355. The quantitative estimate of drug-likeness (QED) is 0.718. The highest BCUT2D eigenvalue weighted by atomic mass is 16.3. The highest BCUT2D eigenvalue weighted by molar-refractivity contribution is 5.97.